The van der Waals surface area contributed by atoms with Crippen LogP contribution in [0.5, 0.6) is 5.75 Å². The number of oxazole rings is 1. The fourth-order valence-electron chi connectivity index (χ4n) is 1.51. The van der Waals surface area contributed by atoms with Gasteiger partial charge in [0.05, 0.1) is 12.7 Å². The zero-order chi connectivity index (χ0) is 12.4. The quantitative estimate of drug-likeness (QED) is 0.871. The number of carboxylic acid groups (broad SMARTS) is 1. The smallest absolute Gasteiger partial charge is 0.335 e. The summed E-state index contributed by atoms with van der Waals surface area (Å²) >= 11 is 0. The summed E-state index contributed by atoms with van der Waals surface area (Å²) in [6.45, 7) is 0.222. The molecule has 0 amide bonds. The predicted octanol–water partition coefficient (Wildman–Crippen LogP) is 1.68. The van der Waals surface area contributed by atoms with E-state index in [0.717, 1.165) is 0 Å². The Balaban J connectivity index is 2.60. The molecule has 0 saturated heterocycles. The molecule has 2 aromatic rings. The van der Waals surface area contributed by atoms with Gasteiger partial charge in [0.2, 0.25) is 5.89 Å². The van der Waals surface area contributed by atoms with Gasteiger partial charge in [0, 0.05) is 7.11 Å². The van der Waals surface area contributed by atoms with Crippen LogP contribution in [0.4, 0.5) is 0 Å². The Morgan fingerprint density at radius 2 is 2.24 bits per heavy atom. The fourth-order valence-corrected chi connectivity index (χ4v) is 1.51. The summed E-state index contributed by atoms with van der Waals surface area (Å²) in [5, 5.41) is 8.93. The molecule has 0 saturated carbocycles. The van der Waals surface area contributed by atoms with Gasteiger partial charge in [0.25, 0.3) is 0 Å². The summed E-state index contributed by atoms with van der Waals surface area (Å²) in [4.78, 5) is 15.1. The highest BCUT2D eigenvalue weighted by atomic mass is 16.5. The van der Waals surface area contributed by atoms with Crippen LogP contribution in [0.25, 0.3) is 11.1 Å². The molecule has 0 bridgehead atoms. The lowest BCUT2D eigenvalue weighted by Crippen LogP contribution is -1.97. The monoisotopic (exact) mass is 237 g/mol. The van der Waals surface area contributed by atoms with Gasteiger partial charge in [0.15, 0.2) is 11.1 Å². The normalized spacial score (nSPS) is 10.7. The molecule has 0 fully saturated rings. The molecule has 0 aliphatic carbocycles. The highest BCUT2D eigenvalue weighted by Gasteiger charge is 2.15. The number of hydrogen-bond donors (Lipinski definition) is 1. The average molecular weight is 237 g/mol. The number of methoxy groups -OCH3 is 2. The second-order valence-electron chi connectivity index (χ2n) is 3.37. The van der Waals surface area contributed by atoms with E-state index >= 15 is 0 Å². The van der Waals surface area contributed by atoms with E-state index in [1.165, 1.54) is 26.4 Å². The Kier molecular flexibility index (Phi) is 2.97. The van der Waals surface area contributed by atoms with Crippen LogP contribution >= 0.6 is 0 Å². The van der Waals surface area contributed by atoms with Gasteiger partial charge in [-0.1, -0.05) is 0 Å². The standard InChI is InChI=1S/C11H11NO5/c1-15-5-9-12-10-7(16-2)3-6(11(13)14)4-8(10)17-9/h3-4H,5H2,1-2H3,(H,13,14). The lowest BCUT2D eigenvalue weighted by atomic mass is 10.2. The maximum absolute atomic E-state index is 10.9. The first-order valence-corrected chi connectivity index (χ1v) is 4.85. The molecule has 17 heavy (non-hydrogen) atoms. The highest BCUT2D eigenvalue weighted by molar-refractivity contribution is 5.94. The number of aromatic nitrogens is 1. The van der Waals surface area contributed by atoms with Gasteiger partial charge in [-0.3, -0.25) is 0 Å². The summed E-state index contributed by atoms with van der Waals surface area (Å²) in [5.74, 6) is -0.302. The Morgan fingerprint density at radius 1 is 1.47 bits per heavy atom. The van der Waals surface area contributed by atoms with Crippen molar-refractivity contribution in [1.29, 1.82) is 0 Å². The van der Waals surface area contributed by atoms with E-state index in [2.05, 4.69) is 4.98 Å². The molecule has 2 rings (SSSR count). The molecular formula is C11H11NO5. The van der Waals surface area contributed by atoms with Crippen molar-refractivity contribution in [2.45, 2.75) is 6.61 Å². The van der Waals surface area contributed by atoms with Gasteiger partial charge in [0.1, 0.15) is 12.4 Å². The fraction of sp³-hybridized carbons (Fsp3) is 0.273. The number of rotatable bonds is 4. The van der Waals surface area contributed by atoms with E-state index in [4.69, 9.17) is 19.0 Å². The van der Waals surface area contributed by atoms with Crippen molar-refractivity contribution in [2.75, 3.05) is 14.2 Å². The predicted molar refractivity (Wildman–Crippen MR) is 58.2 cm³/mol. The number of carboxylic acids is 1. The molecule has 1 heterocycles. The van der Waals surface area contributed by atoms with E-state index in [1.54, 1.807) is 0 Å². The van der Waals surface area contributed by atoms with Crippen molar-refractivity contribution >= 4 is 17.1 Å². The Labute approximate surface area is 96.8 Å². The molecule has 0 aliphatic rings. The number of aromatic carboxylic acids is 1. The number of nitrogens with zero attached hydrogens (tertiary/aromatic N) is 1. The molecule has 1 aromatic heterocycles. The Morgan fingerprint density at radius 3 is 2.82 bits per heavy atom. The lowest BCUT2D eigenvalue weighted by molar-refractivity contribution is 0.0696. The van der Waals surface area contributed by atoms with Crippen molar-refractivity contribution in [3.8, 4) is 5.75 Å². The van der Waals surface area contributed by atoms with Crippen LogP contribution in [-0.2, 0) is 11.3 Å². The van der Waals surface area contributed by atoms with Gasteiger partial charge in [-0.05, 0) is 12.1 Å². The van der Waals surface area contributed by atoms with Crippen molar-refractivity contribution in [3.05, 3.63) is 23.6 Å². The van der Waals surface area contributed by atoms with Crippen molar-refractivity contribution in [3.63, 3.8) is 0 Å². The minimum absolute atomic E-state index is 0.0921. The van der Waals surface area contributed by atoms with Gasteiger partial charge in [-0.2, -0.15) is 0 Å². The van der Waals surface area contributed by atoms with Crippen molar-refractivity contribution < 1.29 is 23.8 Å². The van der Waals surface area contributed by atoms with Crippen LogP contribution in [0.3, 0.4) is 0 Å². The molecule has 0 radical (unpaired) electrons. The third kappa shape index (κ3) is 2.07. The number of carbonyl (C=O) groups is 1. The van der Waals surface area contributed by atoms with Gasteiger partial charge >= 0.3 is 5.97 Å². The van der Waals surface area contributed by atoms with Gasteiger partial charge in [-0.15, -0.1) is 0 Å². The Hall–Kier alpha value is -2.08. The zero-order valence-corrected chi connectivity index (χ0v) is 9.39. The van der Waals surface area contributed by atoms with Crippen molar-refractivity contribution in [2.24, 2.45) is 0 Å². The molecule has 1 N–H and O–H groups in total. The van der Waals surface area contributed by atoms with Gasteiger partial charge < -0.3 is 19.0 Å². The van der Waals surface area contributed by atoms with Crippen LogP contribution in [0.15, 0.2) is 16.5 Å². The minimum atomic E-state index is -1.05. The second kappa shape index (κ2) is 4.42. The SMILES string of the molecule is COCc1nc2c(OC)cc(C(=O)O)cc2o1. The molecular weight excluding hydrogens is 226 g/mol. The molecule has 0 atom stereocenters. The summed E-state index contributed by atoms with van der Waals surface area (Å²) in [6, 6.07) is 2.82. The summed E-state index contributed by atoms with van der Waals surface area (Å²) in [5.41, 5.74) is 0.952. The van der Waals surface area contributed by atoms with Crippen LogP contribution in [0.2, 0.25) is 0 Å². The topological polar surface area (TPSA) is 81.8 Å². The van der Waals surface area contributed by atoms with Gasteiger partial charge in [-0.25, -0.2) is 9.78 Å². The summed E-state index contributed by atoms with van der Waals surface area (Å²) < 4.78 is 15.3. The molecule has 0 spiro atoms. The molecule has 6 nitrogen and oxygen atoms in total. The van der Waals surface area contributed by atoms with E-state index in [0.29, 0.717) is 22.7 Å². The third-order valence-corrected chi connectivity index (χ3v) is 2.24. The summed E-state index contributed by atoms with van der Waals surface area (Å²) in [6.07, 6.45) is 0. The first kappa shape index (κ1) is 11.4. The number of benzene rings is 1. The Bertz CT molecular complexity index is 560. The lowest BCUT2D eigenvalue weighted by Gasteiger charge is -2.01. The molecule has 6 heteroatoms. The first-order chi connectivity index (χ1) is 8.15. The maximum Gasteiger partial charge on any atom is 0.335 e. The number of hydrogen-bond acceptors (Lipinski definition) is 5. The average Bonchev–Trinajstić information content (AvgIpc) is 2.70. The number of ether oxygens (including phenoxy) is 2. The van der Waals surface area contributed by atoms with E-state index in [1.807, 2.05) is 0 Å². The largest absolute Gasteiger partial charge is 0.494 e. The van der Waals surface area contributed by atoms with Crippen LogP contribution in [0, 0.1) is 0 Å². The highest BCUT2D eigenvalue weighted by Crippen LogP contribution is 2.28. The van der Waals surface area contributed by atoms with E-state index in [-0.39, 0.29) is 12.2 Å². The minimum Gasteiger partial charge on any atom is -0.494 e. The molecule has 90 valence electrons. The molecule has 1 aromatic carbocycles. The first-order valence-electron chi connectivity index (χ1n) is 4.85. The zero-order valence-electron chi connectivity index (χ0n) is 9.39. The number of fused-ring (bicyclic) bond motifs is 1. The van der Waals surface area contributed by atoms with E-state index < -0.39 is 5.97 Å². The molecule has 0 aliphatic heterocycles. The summed E-state index contributed by atoms with van der Waals surface area (Å²) in [7, 11) is 2.97. The van der Waals surface area contributed by atoms with Crippen LogP contribution < -0.4 is 4.74 Å². The van der Waals surface area contributed by atoms with E-state index in [9.17, 15) is 4.79 Å². The van der Waals surface area contributed by atoms with Crippen LogP contribution in [0.1, 0.15) is 16.2 Å². The third-order valence-electron chi connectivity index (χ3n) is 2.24. The second-order valence-corrected chi connectivity index (χ2v) is 3.37. The van der Waals surface area contributed by atoms with Crippen molar-refractivity contribution in [1.82, 2.24) is 4.98 Å². The molecule has 0 unspecified atom stereocenters. The van der Waals surface area contributed by atoms with Crippen LogP contribution in [-0.4, -0.2) is 30.3 Å². The maximum atomic E-state index is 10.9.